The lowest BCUT2D eigenvalue weighted by molar-refractivity contribution is -0.143. The number of hydrogen-bond donors (Lipinski definition) is 2. The van der Waals surface area contributed by atoms with Gasteiger partial charge in [-0.1, -0.05) is 13.8 Å². The first-order valence-electron chi connectivity index (χ1n) is 8.27. The number of nitrogens with zero attached hydrogens (tertiary/aromatic N) is 2. The Morgan fingerprint density at radius 3 is 2.64 bits per heavy atom. The van der Waals surface area contributed by atoms with Crippen molar-refractivity contribution >= 4 is 12.0 Å². The minimum atomic E-state index is -0.800. The van der Waals surface area contributed by atoms with Gasteiger partial charge >= 0.3 is 12.0 Å². The van der Waals surface area contributed by atoms with Crippen molar-refractivity contribution < 1.29 is 14.7 Å². The number of hydrogen-bond acceptors (Lipinski definition) is 3. The first-order chi connectivity index (χ1) is 10.3. The number of amides is 2. The molecule has 2 fully saturated rings. The number of carbonyl (C=O) groups is 2. The Kier molecular flexibility index (Phi) is 5.32. The fourth-order valence-corrected chi connectivity index (χ4v) is 3.79. The number of piperidine rings is 2. The first kappa shape index (κ1) is 17.1. The minimum Gasteiger partial charge on any atom is -0.481 e. The van der Waals surface area contributed by atoms with Crippen molar-refractivity contribution in [1.82, 2.24) is 15.1 Å². The van der Waals surface area contributed by atoms with E-state index in [1.807, 2.05) is 0 Å². The molecule has 0 aromatic rings. The van der Waals surface area contributed by atoms with Gasteiger partial charge in [0.1, 0.15) is 0 Å². The average Bonchev–Trinajstić information content (AvgIpc) is 2.46. The molecule has 2 amide bonds. The molecule has 2 aliphatic heterocycles. The summed E-state index contributed by atoms with van der Waals surface area (Å²) in [5.74, 6) is -1.22. The number of carboxylic acid groups (broad SMARTS) is 1. The molecule has 0 spiro atoms. The zero-order valence-electron chi connectivity index (χ0n) is 14.0. The molecule has 2 heterocycles. The van der Waals surface area contributed by atoms with Crippen molar-refractivity contribution in [2.45, 2.75) is 45.6 Å². The molecule has 2 saturated heterocycles. The number of rotatable bonds is 3. The smallest absolute Gasteiger partial charge is 0.317 e. The van der Waals surface area contributed by atoms with Crippen molar-refractivity contribution in [2.24, 2.45) is 11.3 Å². The van der Waals surface area contributed by atoms with Crippen LogP contribution in [0.1, 0.15) is 39.5 Å². The lowest BCUT2D eigenvalue weighted by Crippen LogP contribution is -2.55. The molecular weight excluding hydrogens is 282 g/mol. The van der Waals surface area contributed by atoms with Crippen LogP contribution in [0.2, 0.25) is 0 Å². The van der Waals surface area contributed by atoms with E-state index in [9.17, 15) is 9.59 Å². The van der Waals surface area contributed by atoms with Crippen molar-refractivity contribution in [1.29, 1.82) is 0 Å². The second kappa shape index (κ2) is 6.86. The Morgan fingerprint density at radius 2 is 2.00 bits per heavy atom. The fraction of sp³-hybridized carbons (Fsp3) is 0.875. The van der Waals surface area contributed by atoms with E-state index in [1.54, 1.807) is 4.90 Å². The van der Waals surface area contributed by atoms with Crippen LogP contribution in [0, 0.1) is 11.3 Å². The molecule has 6 heteroatoms. The molecule has 22 heavy (non-hydrogen) atoms. The third kappa shape index (κ3) is 3.91. The van der Waals surface area contributed by atoms with Crippen LogP contribution in [-0.2, 0) is 4.79 Å². The van der Waals surface area contributed by atoms with Crippen LogP contribution in [-0.4, -0.2) is 66.2 Å². The van der Waals surface area contributed by atoms with Gasteiger partial charge in [-0.2, -0.15) is 0 Å². The number of nitrogens with one attached hydrogen (secondary N) is 1. The molecule has 0 aromatic carbocycles. The van der Waals surface area contributed by atoms with E-state index < -0.39 is 11.9 Å². The highest BCUT2D eigenvalue weighted by Crippen LogP contribution is 2.33. The SMILES string of the molecule is CN1CCCC(C)(C)C1CNC(=O)N1CCCC(C(=O)O)C1. The summed E-state index contributed by atoms with van der Waals surface area (Å²) in [5.41, 5.74) is 0.186. The van der Waals surface area contributed by atoms with Gasteiger partial charge in [0.15, 0.2) is 0 Å². The maximum atomic E-state index is 12.3. The van der Waals surface area contributed by atoms with Crippen LogP contribution >= 0.6 is 0 Å². The Morgan fingerprint density at radius 1 is 1.27 bits per heavy atom. The summed E-state index contributed by atoms with van der Waals surface area (Å²) in [4.78, 5) is 27.4. The van der Waals surface area contributed by atoms with Crippen molar-refractivity contribution in [3.63, 3.8) is 0 Å². The lowest BCUT2D eigenvalue weighted by atomic mass is 9.76. The highest BCUT2D eigenvalue weighted by Gasteiger charge is 2.36. The van der Waals surface area contributed by atoms with Gasteiger partial charge in [0.25, 0.3) is 0 Å². The largest absolute Gasteiger partial charge is 0.481 e. The third-order valence-electron chi connectivity index (χ3n) is 5.27. The summed E-state index contributed by atoms with van der Waals surface area (Å²) >= 11 is 0. The molecule has 2 unspecified atom stereocenters. The molecule has 2 aliphatic rings. The number of likely N-dealkylation sites (tertiary alicyclic amines) is 2. The standard InChI is InChI=1S/C16H29N3O3/c1-16(2)7-5-8-18(3)13(16)10-17-15(22)19-9-4-6-12(11-19)14(20)21/h12-13H,4-11H2,1-3H3,(H,17,22)(H,20,21). The summed E-state index contributed by atoms with van der Waals surface area (Å²) in [6.07, 6.45) is 3.79. The van der Waals surface area contributed by atoms with Crippen LogP contribution in [0.3, 0.4) is 0 Å². The summed E-state index contributed by atoms with van der Waals surface area (Å²) in [7, 11) is 2.11. The van der Waals surface area contributed by atoms with Gasteiger partial charge in [0.05, 0.1) is 5.92 Å². The molecule has 2 N–H and O–H groups in total. The normalized spacial score (nSPS) is 29.1. The predicted octanol–water partition coefficient (Wildman–Crippen LogP) is 1.61. The molecular formula is C16H29N3O3. The van der Waals surface area contributed by atoms with E-state index in [0.29, 0.717) is 32.1 Å². The zero-order valence-corrected chi connectivity index (χ0v) is 14.0. The predicted molar refractivity (Wildman–Crippen MR) is 84.8 cm³/mol. The van der Waals surface area contributed by atoms with Gasteiger partial charge < -0.3 is 20.2 Å². The summed E-state index contributed by atoms with van der Waals surface area (Å²) in [6.45, 7) is 7.16. The quantitative estimate of drug-likeness (QED) is 0.830. The molecule has 0 radical (unpaired) electrons. The molecule has 2 atom stereocenters. The number of urea groups is 1. The third-order valence-corrected chi connectivity index (χ3v) is 5.27. The molecule has 126 valence electrons. The second-order valence-corrected chi connectivity index (χ2v) is 7.40. The monoisotopic (exact) mass is 311 g/mol. The second-order valence-electron chi connectivity index (χ2n) is 7.40. The van der Waals surface area contributed by atoms with Crippen LogP contribution in [0.4, 0.5) is 4.79 Å². The van der Waals surface area contributed by atoms with Crippen LogP contribution < -0.4 is 5.32 Å². The lowest BCUT2D eigenvalue weighted by Gasteiger charge is -2.45. The maximum absolute atomic E-state index is 12.3. The van der Waals surface area contributed by atoms with Crippen molar-refractivity contribution in [3.05, 3.63) is 0 Å². The van der Waals surface area contributed by atoms with Crippen LogP contribution in [0.5, 0.6) is 0 Å². The topological polar surface area (TPSA) is 72.9 Å². The Balaban J connectivity index is 1.87. The van der Waals surface area contributed by atoms with E-state index >= 15 is 0 Å². The zero-order chi connectivity index (χ0) is 16.3. The van der Waals surface area contributed by atoms with E-state index in [1.165, 1.54) is 12.8 Å². The van der Waals surface area contributed by atoms with Crippen molar-refractivity contribution in [2.75, 3.05) is 33.2 Å². The summed E-state index contributed by atoms with van der Waals surface area (Å²) < 4.78 is 0. The van der Waals surface area contributed by atoms with Gasteiger partial charge in [-0.15, -0.1) is 0 Å². The summed E-state index contributed by atoms with van der Waals surface area (Å²) in [5, 5.41) is 12.1. The maximum Gasteiger partial charge on any atom is 0.317 e. The number of likely N-dealkylation sites (N-methyl/N-ethyl adjacent to an activating group) is 1. The molecule has 0 saturated carbocycles. The Hall–Kier alpha value is -1.30. The van der Waals surface area contributed by atoms with Gasteiger partial charge in [0.2, 0.25) is 0 Å². The van der Waals surface area contributed by atoms with Crippen LogP contribution in [0.25, 0.3) is 0 Å². The Labute approximate surface area is 132 Å². The molecule has 2 rings (SSSR count). The number of carboxylic acids is 1. The highest BCUT2D eigenvalue weighted by atomic mass is 16.4. The van der Waals surface area contributed by atoms with E-state index in [-0.39, 0.29) is 11.4 Å². The van der Waals surface area contributed by atoms with E-state index in [0.717, 1.165) is 13.0 Å². The summed E-state index contributed by atoms with van der Waals surface area (Å²) in [6, 6.07) is 0.200. The fourth-order valence-electron chi connectivity index (χ4n) is 3.79. The average molecular weight is 311 g/mol. The van der Waals surface area contributed by atoms with Gasteiger partial charge in [-0.25, -0.2) is 4.79 Å². The van der Waals surface area contributed by atoms with Gasteiger partial charge in [-0.3, -0.25) is 4.79 Å². The van der Waals surface area contributed by atoms with Gasteiger partial charge in [-0.05, 0) is 44.7 Å². The molecule has 6 nitrogen and oxygen atoms in total. The molecule has 0 aliphatic carbocycles. The minimum absolute atomic E-state index is 0.124. The van der Waals surface area contributed by atoms with Crippen molar-refractivity contribution in [3.8, 4) is 0 Å². The van der Waals surface area contributed by atoms with Crippen LogP contribution in [0.15, 0.2) is 0 Å². The molecule has 0 aromatic heterocycles. The molecule has 0 bridgehead atoms. The van der Waals surface area contributed by atoms with E-state index in [2.05, 4.69) is 31.1 Å². The Bertz CT molecular complexity index is 425. The first-order valence-corrected chi connectivity index (χ1v) is 8.27. The number of carbonyl (C=O) groups excluding carboxylic acids is 1. The van der Waals surface area contributed by atoms with Gasteiger partial charge in [0, 0.05) is 25.7 Å². The number of aliphatic carboxylic acids is 1. The van der Waals surface area contributed by atoms with E-state index in [4.69, 9.17) is 5.11 Å². The highest BCUT2D eigenvalue weighted by molar-refractivity contribution is 5.76.